The summed E-state index contributed by atoms with van der Waals surface area (Å²) in [6.45, 7) is 0. The van der Waals surface area contributed by atoms with Crippen LogP contribution in [0.15, 0.2) is 13.6 Å². The molecule has 1 aromatic rings. The van der Waals surface area contributed by atoms with E-state index in [0.29, 0.717) is 9.35 Å². The number of thiophene rings is 1. The van der Waals surface area contributed by atoms with Gasteiger partial charge in [-0.2, -0.15) is 0 Å². The third-order valence-corrected chi connectivity index (χ3v) is 4.25. The molecule has 2 amide bonds. The van der Waals surface area contributed by atoms with Crippen LogP contribution < -0.4 is 11.1 Å². The lowest BCUT2D eigenvalue weighted by molar-refractivity contribution is -0.140. The first-order chi connectivity index (χ1) is 8.31. The van der Waals surface area contributed by atoms with Crippen LogP contribution in [-0.4, -0.2) is 28.9 Å². The van der Waals surface area contributed by atoms with Crippen LogP contribution in [0.3, 0.4) is 0 Å². The first-order valence-electron chi connectivity index (χ1n) is 4.58. The van der Waals surface area contributed by atoms with E-state index in [-0.39, 0.29) is 0 Å². The number of carbonyl (C=O) groups is 3. The van der Waals surface area contributed by atoms with Crippen molar-refractivity contribution in [3.63, 3.8) is 0 Å². The van der Waals surface area contributed by atoms with Crippen LogP contribution in [-0.2, 0) is 9.59 Å². The van der Waals surface area contributed by atoms with Gasteiger partial charge in [0.25, 0.3) is 5.91 Å². The average molecular weight is 400 g/mol. The van der Waals surface area contributed by atoms with Gasteiger partial charge in [0, 0.05) is 0 Å². The molecule has 0 bridgehead atoms. The molecule has 0 saturated heterocycles. The number of nitrogens with two attached hydrogens (primary N) is 1. The van der Waals surface area contributed by atoms with E-state index >= 15 is 0 Å². The van der Waals surface area contributed by atoms with Gasteiger partial charge in [0.15, 0.2) is 0 Å². The molecule has 18 heavy (non-hydrogen) atoms. The highest BCUT2D eigenvalue weighted by atomic mass is 79.9. The van der Waals surface area contributed by atoms with Crippen LogP contribution in [0.5, 0.6) is 0 Å². The van der Waals surface area contributed by atoms with Crippen molar-refractivity contribution < 1.29 is 19.5 Å². The van der Waals surface area contributed by atoms with Crippen LogP contribution in [0.2, 0.25) is 0 Å². The predicted octanol–water partition coefficient (Wildman–Crippen LogP) is 1.33. The van der Waals surface area contributed by atoms with E-state index in [2.05, 4.69) is 37.2 Å². The summed E-state index contributed by atoms with van der Waals surface area (Å²) >= 11 is 7.67. The third kappa shape index (κ3) is 4.07. The first-order valence-corrected chi connectivity index (χ1v) is 6.98. The van der Waals surface area contributed by atoms with Crippen molar-refractivity contribution in [2.24, 2.45) is 5.73 Å². The fraction of sp³-hybridized carbons (Fsp3) is 0.222. The molecule has 0 saturated carbocycles. The molecular weight excluding hydrogens is 392 g/mol. The Morgan fingerprint density at radius 3 is 2.44 bits per heavy atom. The second-order valence-electron chi connectivity index (χ2n) is 3.27. The van der Waals surface area contributed by atoms with Crippen molar-refractivity contribution in [3.8, 4) is 0 Å². The van der Waals surface area contributed by atoms with Crippen molar-refractivity contribution in [2.75, 3.05) is 0 Å². The van der Waals surface area contributed by atoms with Gasteiger partial charge in [-0.1, -0.05) is 0 Å². The molecule has 0 aliphatic rings. The van der Waals surface area contributed by atoms with Gasteiger partial charge >= 0.3 is 5.97 Å². The number of carboxylic acids is 1. The second kappa shape index (κ2) is 6.30. The topological polar surface area (TPSA) is 109 Å². The minimum absolute atomic E-state index is 0.294. The maximum atomic E-state index is 11.8. The Morgan fingerprint density at radius 1 is 1.44 bits per heavy atom. The van der Waals surface area contributed by atoms with E-state index in [9.17, 15) is 14.4 Å². The van der Waals surface area contributed by atoms with Crippen LogP contribution in [0, 0.1) is 0 Å². The minimum atomic E-state index is -1.33. The number of hydrogen-bond donors (Lipinski definition) is 3. The van der Waals surface area contributed by atoms with Crippen LogP contribution >= 0.6 is 43.2 Å². The van der Waals surface area contributed by atoms with Crippen LogP contribution in [0.1, 0.15) is 16.8 Å². The second-order valence-corrected chi connectivity index (χ2v) is 7.02. The third-order valence-electron chi connectivity index (χ3n) is 1.91. The summed E-state index contributed by atoms with van der Waals surface area (Å²) in [6.07, 6.45) is -0.454. The zero-order chi connectivity index (χ0) is 13.9. The smallest absolute Gasteiger partial charge is 0.326 e. The number of hydrogen-bond acceptors (Lipinski definition) is 4. The Hall–Kier alpha value is -0.930. The summed E-state index contributed by atoms with van der Waals surface area (Å²) in [5, 5.41) is 11.1. The molecule has 9 heteroatoms. The highest BCUT2D eigenvalue weighted by molar-refractivity contribution is 9.12. The summed E-state index contributed by atoms with van der Waals surface area (Å²) in [4.78, 5) is 33.4. The van der Waals surface area contributed by atoms with E-state index in [1.54, 1.807) is 6.07 Å². The Labute approximate surface area is 123 Å². The van der Waals surface area contributed by atoms with Gasteiger partial charge in [-0.3, -0.25) is 9.59 Å². The van der Waals surface area contributed by atoms with Gasteiger partial charge in [0.2, 0.25) is 5.91 Å². The average Bonchev–Trinajstić information content (AvgIpc) is 2.56. The van der Waals surface area contributed by atoms with Crippen LogP contribution in [0.4, 0.5) is 0 Å². The Morgan fingerprint density at radius 2 is 2.06 bits per heavy atom. The Kier molecular flexibility index (Phi) is 5.29. The number of amides is 2. The number of carboxylic acid groups (broad SMARTS) is 1. The number of primary amides is 1. The fourth-order valence-corrected chi connectivity index (χ4v) is 3.93. The molecule has 0 radical (unpaired) electrons. The molecule has 1 heterocycles. The monoisotopic (exact) mass is 398 g/mol. The summed E-state index contributed by atoms with van der Waals surface area (Å²) in [6, 6.07) is 0.216. The molecule has 0 aliphatic heterocycles. The fourth-order valence-electron chi connectivity index (χ4n) is 1.13. The highest BCUT2D eigenvalue weighted by Gasteiger charge is 2.24. The van der Waals surface area contributed by atoms with E-state index in [1.807, 2.05) is 0 Å². The van der Waals surface area contributed by atoms with Crippen molar-refractivity contribution in [1.29, 1.82) is 0 Å². The zero-order valence-electron chi connectivity index (χ0n) is 8.78. The molecule has 1 rings (SSSR count). The number of aliphatic carboxylic acids is 1. The number of nitrogens with one attached hydrogen (secondary N) is 1. The Bertz CT molecular complexity index is 503. The van der Waals surface area contributed by atoms with E-state index in [4.69, 9.17) is 10.8 Å². The molecule has 1 aromatic heterocycles. The minimum Gasteiger partial charge on any atom is -0.480 e. The van der Waals surface area contributed by atoms with E-state index in [1.165, 1.54) is 11.3 Å². The molecule has 4 N–H and O–H groups in total. The quantitative estimate of drug-likeness (QED) is 0.693. The molecule has 98 valence electrons. The van der Waals surface area contributed by atoms with E-state index in [0.717, 1.165) is 3.79 Å². The summed E-state index contributed by atoms with van der Waals surface area (Å²) in [5.41, 5.74) is 5.21. The number of carbonyl (C=O) groups excluding carboxylic acids is 2. The lowest BCUT2D eigenvalue weighted by atomic mass is 10.2. The first kappa shape index (κ1) is 15.1. The molecular formula is C9H8Br2N2O4S. The predicted molar refractivity (Wildman–Crippen MR) is 72.4 cm³/mol. The summed E-state index contributed by atoms with van der Waals surface area (Å²) in [5.74, 6) is -2.70. The van der Waals surface area contributed by atoms with Gasteiger partial charge in [0.05, 0.1) is 19.6 Å². The number of halogens is 2. The summed E-state index contributed by atoms with van der Waals surface area (Å²) in [7, 11) is 0. The van der Waals surface area contributed by atoms with Crippen molar-refractivity contribution in [3.05, 3.63) is 19.2 Å². The normalized spacial score (nSPS) is 11.9. The lowest BCUT2D eigenvalue weighted by Gasteiger charge is -2.12. The van der Waals surface area contributed by atoms with Crippen molar-refractivity contribution in [1.82, 2.24) is 5.32 Å². The largest absolute Gasteiger partial charge is 0.480 e. The highest BCUT2D eigenvalue weighted by Crippen LogP contribution is 2.31. The maximum Gasteiger partial charge on any atom is 0.326 e. The standard InChI is InChI=1S/C9H8Br2N2O4S/c10-5-1-3(7(11)18-5)8(15)13-4(9(16)17)2-6(12)14/h1,4H,2H2,(H2,12,14)(H,13,15)(H,16,17). The molecule has 6 nitrogen and oxygen atoms in total. The maximum absolute atomic E-state index is 11.8. The van der Waals surface area contributed by atoms with Gasteiger partial charge in [-0.15, -0.1) is 11.3 Å². The molecule has 0 fully saturated rings. The van der Waals surface area contributed by atoms with Gasteiger partial charge in [0.1, 0.15) is 6.04 Å². The van der Waals surface area contributed by atoms with Crippen molar-refractivity contribution in [2.45, 2.75) is 12.5 Å². The molecule has 0 aromatic carbocycles. The van der Waals surface area contributed by atoms with Gasteiger partial charge < -0.3 is 16.2 Å². The Balaban J connectivity index is 2.81. The van der Waals surface area contributed by atoms with Crippen LogP contribution in [0.25, 0.3) is 0 Å². The molecule has 1 unspecified atom stereocenters. The van der Waals surface area contributed by atoms with Crippen molar-refractivity contribution >= 4 is 61.0 Å². The SMILES string of the molecule is NC(=O)CC(NC(=O)c1cc(Br)sc1Br)C(=O)O. The number of rotatable bonds is 5. The lowest BCUT2D eigenvalue weighted by Crippen LogP contribution is -2.43. The zero-order valence-corrected chi connectivity index (χ0v) is 12.8. The molecule has 1 atom stereocenters. The van der Waals surface area contributed by atoms with Gasteiger partial charge in [-0.05, 0) is 37.9 Å². The molecule has 0 aliphatic carbocycles. The molecule has 0 spiro atoms. The van der Waals surface area contributed by atoms with Gasteiger partial charge in [-0.25, -0.2) is 4.79 Å². The summed E-state index contributed by atoms with van der Waals surface area (Å²) < 4.78 is 1.29. The van der Waals surface area contributed by atoms with E-state index < -0.39 is 30.2 Å².